The van der Waals surface area contributed by atoms with E-state index in [1.807, 2.05) is 23.4 Å². The summed E-state index contributed by atoms with van der Waals surface area (Å²) < 4.78 is 0. The molecule has 1 aromatic carbocycles. The summed E-state index contributed by atoms with van der Waals surface area (Å²) in [6.07, 6.45) is 8.07. The van der Waals surface area contributed by atoms with Crippen molar-refractivity contribution in [1.82, 2.24) is 25.1 Å². The molecule has 10 nitrogen and oxygen atoms in total. The second-order valence-electron chi connectivity index (χ2n) is 11.0. The van der Waals surface area contributed by atoms with Crippen molar-refractivity contribution in [1.29, 1.82) is 0 Å². The molecule has 1 atom stereocenters. The van der Waals surface area contributed by atoms with Crippen molar-refractivity contribution in [2.45, 2.75) is 38.1 Å². The summed E-state index contributed by atoms with van der Waals surface area (Å²) in [7, 11) is 0. The number of carbonyl (C=O) groups excluding carboxylic acids is 1. The number of carbonyl (C=O) groups is 1. The average Bonchev–Trinajstić information content (AvgIpc) is 3.49. The average molecular weight is 508 g/mol. The lowest BCUT2D eigenvalue weighted by Gasteiger charge is -2.42. The molecule has 38 heavy (non-hydrogen) atoms. The number of pyridine rings is 1. The number of piperidine rings is 1. The van der Waals surface area contributed by atoms with Crippen LogP contribution in [0.3, 0.4) is 0 Å². The van der Waals surface area contributed by atoms with Gasteiger partial charge in [-0.15, -0.1) is 0 Å². The first-order valence-electron chi connectivity index (χ1n) is 13.5. The van der Waals surface area contributed by atoms with Gasteiger partial charge in [-0.2, -0.15) is 5.10 Å². The van der Waals surface area contributed by atoms with Gasteiger partial charge < -0.3 is 20.4 Å². The Balaban J connectivity index is 1.06. The van der Waals surface area contributed by atoms with Crippen LogP contribution in [0.4, 0.5) is 23.0 Å². The summed E-state index contributed by atoms with van der Waals surface area (Å²) in [5.41, 5.74) is 13.8. The van der Waals surface area contributed by atoms with E-state index in [-0.39, 0.29) is 17.4 Å². The molecule has 0 bridgehead atoms. The van der Waals surface area contributed by atoms with E-state index in [9.17, 15) is 4.79 Å². The van der Waals surface area contributed by atoms with Gasteiger partial charge in [-0.05, 0) is 54.4 Å². The van der Waals surface area contributed by atoms with Crippen molar-refractivity contribution >= 4 is 40.1 Å². The Kier molecular flexibility index (Phi) is 4.61. The van der Waals surface area contributed by atoms with E-state index in [0.717, 1.165) is 73.0 Å². The highest BCUT2D eigenvalue weighted by atomic mass is 16.2. The highest BCUT2D eigenvalue weighted by molar-refractivity contribution is 6.03. The standard InChI is InChI=1S/C28H29N9O/c29-25-22-18(4-2-10-30-22)15-28(25)8-11-35(12-9-28)20-16-31-23-26(32-20)33-34-27(23)36-13-14-37-21(38)7-6-17-3-1-5-19(36)24(17)37/h1-5,10,16,25H,6-9,11-15,29H2,(H,32,33,34)/t25-/m1/s1. The molecule has 4 aromatic rings. The monoisotopic (exact) mass is 507 g/mol. The van der Waals surface area contributed by atoms with E-state index in [4.69, 9.17) is 15.7 Å². The molecule has 1 fully saturated rings. The molecule has 3 aromatic heterocycles. The number of amides is 1. The van der Waals surface area contributed by atoms with E-state index in [1.54, 1.807) is 0 Å². The smallest absolute Gasteiger partial charge is 0.227 e. The van der Waals surface area contributed by atoms with Gasteiger partial charge in [0.05, 0.1) is 29.3 Å². The fraction of sp³-hybridized carbons (Fsp3) is 0.393. The molecule has 4 aliphatic rings. The molecular formula is C28H29N9O. The van der Waals surface area contributed by atoms with Crippen LogP contribution in [-0.2, 0) is 17.6 Å². The summed E-state index contributed by atoms with van der Waals surface area (Å²) in [4.78, 5) is 33.3. The van der Waals surface area contributed by atoms with Crippen LogP contribution in [0.5, 0.6) is 0 Å². The lowest BCUT2D eigenvalue weighted by Crippen LogP contribution is -2.45. The number of fused-ring (bicyclic) bond motifs is 2. The molecule has 6 heterocycles. The fourth-order valence-electron chi connectivity index (χ4n) is 7.04. The van der Waals surface area contributed by atoms with E-state index in [2.05, 4.69) is 49.2 Å². The van der Waals surface area contributed by atoms with Crippen LogP contribution in [0.15, 0.2) is 42.7 Å². The molecule has 192 valence electrons. The Labute approximate surface area is 219 Å². The fourth-order valence-corrected chi connectivity index (χ4v) is 7.04. The minimum Gasteiger partial charge on any atom is -0.355 e. The molecule has 1 amide bonds. The summed E-state index contributed by atoms with van der Waals surface area (Å²) in [5, 5.41) is 7.77. The lowest BCUT2D eigenvalue weighted by molar-refractivity contribution is -0.118. The van der Waals surface area contributed by atoms with E-state index in [1.165, 1.54) is 11.1 Å². The van der Waals surface area contributed by atoms with E-state index < -0.39 is 0 Å². The first-order chi connectivity index (χ1) is 18.6. The zero-order valence-corrected chi connectivity index (χ0v) is 21.1. The Morgan fingerprint density at radius 1 is 0.974 bits per heavy atom. The number of rotatable bonds is 2. The van der Waals surface area contributed by atoms with Crippen LogP contribution in [0.2, 0.25) is 0 Å². The van der Waals surface area contributed by atoms with Gasteiger partial charge in [0.2, 0.25) is 5.91 Å². The number of hydrogen-bond acceptors (Lipinski definition) is 8. The first kappa shape index (κ1) is 22.0. The Morgan fingerprint density at radius 2 is 1.82 bits per heavy atom. The van der Waals surface area contributed by atoms with Crippen LogP contribution >= 0.6 is 0 Å². The number of nitrogens with one attached hydrogen (secondary N) is 1. The molecule has 1 spiro atoms. The highest BCUT2D eigenvalue weighted by Gasteiger charge is 2.47. The number of H-pyrrole nitrogens is 1. The SMILES string of the molecule is N[C@@H]1c2ncccc2CC12CCN(c1cnc3c(N4CCN5C(=O)CCc6cccc4c65)n[nH]c3n1)CC2. The third-order valence-electron chi connectivity index (χ3n) is 9.12. The predicted octanol–water partition coefficient (Wildman–Crippen LogP) is 3.02. The molecular weight excluding hydrogens is 478 g/mol. The van der Waals surface area contributed by atoms with E-state index >= 15 is 0 Å². The second kappa shape index (κ2) is 7.97. The zero-order chi connectivity index (χ0) is 25.4. The number of para-hydroxylation sites is 1. The largest absolute Gasteiger partial charge is 0.355 e. The highest BCUT2D eigenvalue weighted by Crippen LogP contribution is 2.50. The third-order valence-corrected chi connectivity index (χ3v) is 9.12. The van der Waals surface area contributed by atoms with E-state index in [0.29, 0.717) is 25.2 Å². The second-order valence-corrected chi connectivity index (χ2v) is 11.0. The topological polar surface area (TPSA) is 120 Å². The third kappa shape index (κ3) is 3.06. The van der Waals surface area contributed by atoms with Crippen molar-refractivity contribution in [3.8, 4) is 0 Å². The number of aromatic amines is 1. The normalized spacial score (nSPS) is 21.8. The van der Waals surface area contributed by atoms with Gasteiger partial charge in [-0.25, -0.2) is 9.97 Å². The lowest BCUT2D eigenvalue weighted by atomic mass is 9.73. The van der Waals surface area contributed by atoms with Crippen LogP contribution in [0, 0.1) is 5.41 Å². The molecule has 0 saturated carbocycles. The van der Waals surface area contributed by atoms with Crippen LogP contribution in [0.25, 0.3) is 11.2 Å². The van der Waals surface area contributed by atoms with Gasteiger partial charge in [0, 0.05) is 38.8 Å². The molecule has 0 radical (unpaired) electrons. The van der Waals surface area contributed by atoms with Crippen molar-refractivity contribution in [3.05, 3.63) is 59.5 Å². The number of anilines is 4. The Bertz CT molecular complexity index is 1590. The van der Waals surface area contributed by atoms with Gasteiger partial charge in [0.15, 0.2) is 17.0 Å². The molecule has 3 N–H and O–H groups in total. The Morgan fingerprint density at radius 3 is 2.68 bits per heavy atom. The molecule has 1 aliphatic carbocycles. The minimum absolute atomic E-state index is 0.0101. The quantitative estimate of drug-likeness (QED) is 0.425. The van der Waals surface area contributed by atoms with Gasteiger partial charge >= 0.3 is 0 Å². The summed E-state index contributed by atoms with van der Waals surface area (Å²) in [6.45, 7) is 3.07. The number of hydrogen-bond donors (Lipinski definition) is 2. The molecule has 8 rings (SSSR count). The number of aromatic nitrogens is 5. The van der Waals surface area contributed by atoms with Gasteiger partial charge in [0.1, 0.15) is 5.82 Å². The van der Waals surface area contributed by atoms with Crippen LogP contribution < -0.4 is 20.4 Å². The minimum atomic E-state index is -0.0101. The van der Waals surface area contributed by atoms with Crippen molar-refractivity contribution in [2.24, 2.45) is 11.1 Å². The molecule has 3 aliphatic heterocycles. The summed E-state index contributed by atoms with van der Waals surface area (Å²) in [6, 6.07) is 10.4. The maximum atomic E-state index is 12.6. The van der Waals surface area contributed by atoms with Crippen molar-refractivity contribution < 1.29 is 4.79 Å². The first-order valence-corrected chi connectivity index (χ1v) is 13.5. The number of benzene rings is 1. The summed E-state index contributed by atoms with van der Waals surface area (Å²) >= 11 is 0. The number of nitrogens with zero attached hydrogens (tertiary/aromatic N) is 7. The van der Waals surface area contributed by atoms with Crippen molar-refractivity contribution in [2.75, 3.05) is 40.9 Å². The maximum Gasteiger partial charge on any atom is 0.227 e. The molecule has 0 unspecified atom stereocenters. The molecule has 1 saturated heterocycles. The van der Waals surface area contributed by atoms with Gasteiger partial charge in [0.25, 0.3) is 0 Å². The van der Waals surface area contributed by atoms with Gasteiger partial charge in [-0.3, -0.25) is 14.9 Å². The Hall–Kier alpha value is -4.05. The van der Waals surface area contributed by atoms with Crippen LogP contribution in [-0.4, -0.2) is 57.2 Å². The van der Waals surface area contributed by atoms with Crippen molar-refractivity contribution in [3.63, 3.8) is 0 Å². The predicted molar refractivity (Wildman–Crippen MR) is 145 cm³/mol. The zero-order valence-electron chi connectivity index (χ0n) is 21.1. The maximum absolute atomic E-state index is 12.6. The number of nitrogens with two attached hydrogens (primary N) is 1. The van der Waals surface area contributed by atoms with Gasteiger partial charge in [-0.1, -0.05) is 18.2 Å². The number of aryl methyl sites for hydroxylation is 1. The molecule has 10 heteroatoms. The van der Waals surface area contributed by atoms with Crippen LogP contribution in [0.1, 0.15) is 42.1 Å². The summed E-state index contributed by atoms with van der Waals surface area (Å²) in [5.74, 6) is 1.81.